The first-order valence-corrected chi connectivity index (χ1v) is 10.9. The van der Waals surface area contributed by atoms with E-state index in [4.69, 9.17) is 9.84 Å². The van der Waals surface area contributed by atoms with Gasteiger partial charge in [0.2, 0.25) is 5.88 Å². The second kappa shape index (κ2) is 10.9. The van der Waals surface area contributed by atoms with Gasteiger partial charge in [-0.05, 0) is 57.9 Å². The van der Waals surface area contributed by atoms with Gasteiger partial charge in [0.1, 0.15) is 5.75 Å². The summed E-state index contributed by atoms with van der Waals surface area (Å²) in [5, 5.41) is 15.3. The number of para-hydroxylation sites is 2. The third-order valence-corrected chi connectivity index (χ3v) is 5.34. The Morgan fingerprint density at radius 1 is 1.10 bits per heavy atom. The number of rotatable bonds is 11. The highest BCUT2D eigenvalue weighted by molar-refractivity contribution is 5.43. The Labute approximate surface area is 185 Å². The fourth-order valence-electron chi connectivity index (χ4n) is 3.50. The van der Waals surface area contributed by atoms with Crippen LogP contribution in [0.4, 0.5) is 0 Å². The zero-order chi connectivity index (χ0) is 22.2. The molecule has 1 atom stereocenters. The topological polar surface area (TPSA) is 50.5 Å². The lowest BCUT2D eigenvalue weighted by Crippen LogP contribution is -2.37. The molecule has 5 heteroatoms. The van der Waals surface area contributed by atoms with Crippen LogP contribution in [-0.2, 0) is 6.54 Å². The Morgan fingerprint density at radius 2 is 1.74 bits per heavy atom. The van der Waals surface area contributed by atoms with E-state index in [1.807, 2.05) is 78.3 Å². The molecule has 0 aliphatic heterocycles. The molecular weight excluding hydrogens is 386 g/mol. The average molecular weight is 420 g/mol. The molecule has 0 amide bonds. The lowest BCUT2D eigenvalue weighted by Gasteiger charge is -2.29. The summed E-state index contributed by atoms with van der Waals surface area (Å²) in [6.45, 7) is 11.3. The van der Waals surface area contributed by atoms with Gasteiger partial charge in [0.05, 0.1) is 23.0 Å². The van der Waals surface area contributed by atoms with Crippen molar-refractivity contribution in [3.8, 4) is 17.3 Å². The predicted octanol–water partition coefficient (Wildman–Crippen LogP) is 5.51. The number of benzene rings is 2. The smallest absolute Gasteiger partial charge is 0.227 e. The average Bonchev–Trinajstić information content (AvgIpc) is 3.08. The van der Waals surface area contributed by atoms with E-state index in [0.29, 0.717) is 25.4 Å². The predicted molar refractivity (Wildman–Crippen MR) is 126 cm³/mol. The van der Waals surface area contributed by atoms with Crippen molar-refractivity contribution in [2.24, 2.45) is 0 Å². The summed E-state index contributed by atoms with van der Waals surface area (Å²) >= 11 is 0. The summed E-state index contributed by atoms with van der Waals surface area (Å²) in [4.78, 5) is 2.27. The van der Waals surface area contributed by atoms with Crippen LogP contribution in [-0.4, -0.2) is 38.5 Å². The molecular formula is C26H33N3O2. The molecule has 31 heavy (non-hydrogen) atoms. The van der Waals surface area contributed by atoms with Crippen molar-refractivity contribution in [3.63, 3.8) is 0 Å². The summed E-state index contributed by atoms with van der Waals surface area (Å²) < 4.78 is 8.23. The van der Waals surface area contributed by atoms with Gasteiger partial charge < -0.3 is 9.84 Å². The number of hydrogen-bond acceptors (Lipinski definition) is 4. The molecule has 0 fully saturated rings. The van der Waals surface area contributed by atoms with Gasteiger partial charge in [-0.15, -0.1) is 6.58 Å². The van der Waals surface area contributed by atoms with E-state index in [0.717, 1.165) is 29.1 Å². The SMILES string of the molecule is C=CCC[C@H](O)CN(Cc1c(C)nn(-c2ccccc2)c1Oc1ccccc1)C(C)C. The van der Waals surface area contributed by atoms with Crippen LogP contribution in [0.1, 0.15) is 37.9 Å². The van der Waals surface area contributed by atoms with Crippen LogP contribution in [0.3, 0.4) is 0 Å². The fraction of sp³-hybridized carbons (Fsp3) is 0.346. The van der Waals surface area contributed by atoms with Crippen molar-refractivity contribution in [1.29, 1.82) is 0 Å². The molecule has 0 aliphatic carbocycles. The van der Waals surface area contributed by atoms with E-state index in [1.54, 1.807) is 0 Å². The van der Waals surface area contributed by atoms with E-state index < -0.39 is 6.10 Å². The van der Waals surface area contributed by atoms with Crippen LogP contribution in [0.25, 0.3) is 5.69 Å². The molecule has 1 heterocycles. The lowest BCUT2D eigenvalue weighted by atomic mass is 10.1. The van der Waals surface area contributed by atoms with Crippen molar-refractivity contribution in [2.45, 2.75) is 52.3 Å². The molecule has 164 valence electrons. The van der Waals surface area contributed by atoms with Gasteiger partial charge in [-0.2, -0.15) is 5.10 Å². The third-order valence-electron chi connectivity index (χ3n) is 5.34. The Morgan fingerprint density at radius 3 is 2.35 bits per heavy atom. The number of aliphatic hydroxyl groups is 1. The first-order chi connectivity index (χ1) is 15.0. The van der Waals surface area contributed by atoms with Crippen LogP contribution < -0.4 is 4.74 Å². The van der Waals surface area contributed by atoms with Gasteiger partial charge in [-0.25, -0.2) is 4.68 Å². The first kappa shape index (κ1) is 22.8. The summed E-state index contributed by atoms with van der Waals surface area (Å²) in [7, 11) is 0. The molecule has 0 saturated carbocycles. The van der Waals surface area contributed by atoms with Crippen LogP contribution >= 0.6 is 0 Å². The highest BCUT2D eigenvalue weighted by Gasteiger charge is 2.23. The van der Waals surface area contributed by atoms with E-state index >= 15 is 0 Å². The van der Waals surface area contributed by atoms with Gasteiger partial charge in [0.15, 0.2) is 0 Å². The summed E-state index contributed by atoms with van der Waals surface area (Å²) in [5.41, 5.74) is 2.89. The van der Waals surface area contributed by atoms with Crippen molar-refractivity contribution in [3.05, 3.63) is 84.6 Å². The number of aliphatic hydroxyl groups excluding tert-OH is 1. The number of aryl methyl sites for hydroxylation is 1. The van der Waals surface area contributed by atoms with E-state index in [-0.39, 0.29) is 6.04 Å². The highest BCUT2D eigenvalue weighted by Crippen LogP contribution is 2.32. The summed E-state index contributed by atoms with van der Waals surface area (Å²) in [5.74, 6) is 1.48. The van der Waals surface area contributed by atoms with Crippen molar-refractivity contribution < 1.29 is 9.84 Å². The lowest BCUT2D eigenvalue weighted by molar-refractivity contribution is 0.0849. The number of ether oxygens (including phenoxy) is 1. The second-order valence-corrected chi connectivity index (χ2v) is 8.07. The number of aromatic nitrogens is 2. The van der Waals surface area contributed by atoms with Crippen LogP contribution in [0.15, 0.2) is 73.3 Å². The molecule has 1 aromatic heterocycles. The third kappa shape index (κ3) is 6.06. The summed E-state index contributed by atoms with van der Waals surface area (Å²) in [6.07, 6.45) is 2.97. The van der Waals surface area contributed by atoms with Crippen molar-refractivity contribution in [2.75, 3.05) is 6.54 Å². The van der Waals surface area contributed by atoms with Gasteiger partial charge >= 0.3 is 0 Å². The minimum atomic E-state index is -0.400. The maximum Gasteiger partial charge on any atom is 0.227 e. The van der Waals surface area contributed by atoms with Gasteiger partial charge in [0.25, 0.3) is 0 Å². The monoisotopic (exact) mass is 419 g/mol. The standard InChI is InChI=1S/C26H33N3O2/c1-5-6-15-23(30)18-28(20(2)3)19-25-21(4)27-29(22-13-9-7-10-14-22)26(25)31-24-16-11-8-12-17-24/h5,7-14,16-17,20,23,30H,1,6,15,18-19H2,2-4H3/t23-/m0/s1. The van der Waals surface area contributed by atoms with Gasteiger partial charge in [0, 0.05) is 19.1 Å². The fourth-order valence-corrected chi connectivity index (χ4v) is 3.50. The van der Waals surface area contributed by atoms with Gasteiger partial charge in [-0.3, -0.25) is 4.90 Å². The molecule has 0 bridgehead atoms. The normalized spacial score (nSPS) is 12.3. The largest absolute Gasteiger partial charge is 0.439 e. The maximum atomic E-state index is 10.5. The molecule has 5 nitrogen and oxygen atoms in total. The summed E-state index contributed by atoms with van der Waals surface area (Å²) in [6, 6.07) is 20.1. The Balaban J connectivity index is 1.96. The minimum absolute atomic E-state index is 0.266. The Kier molecular flexibility index (Phi) is 8.04. The molecule has 1 N–H and O–H groups in total. The Bertz CT molecular complexity index is 952. The zero-order valence-electron chi connectivity index (χ0n) is 18.7. The molecule has 0 radical (unpaired) electrons. The number of hydrogen-bond donors (Lipinski definition) is 1. The van der Waals surface area contributed by atoms with Crippen molar-refractivity contribution in [1.82, 2.24) is 14.7 Å². The maximum absolute atomic E-state index is 10.5. The minimum Gasteiger partial charge on any atom is -0.439 e. The first-order valence-electron chi connectivity index (χ1n) is 10.9. The number of allylic oxidation sites excluding steroid dienone is 1. The molecule has 3 rings (SSSR count). The van der Waals surface area contributed by atoms with Gasteiger partial charge in [-0.1, -0.05) is 42.5 Å². The quantitative estimate of drug-likeness (QED) is 0.416. The molecule has 0 unspecified atom stereocenters. The zero-order valence-corrected chi connectivity index (χ0v) is 18.7. The van der Waals surface area contributed by atoms with E-state index in [1.165, 1.54) is 0 Å². The second-order valence-electron chi connectivity index (χ2n) is 8.07. The molecule has 3 aromatic rings. The van der Waals surface area contributed by atoms with E-state index in [9.17, 15) is 5.11 Å². The van der Waals surface area contributed by atoms with Crippen LogP contribution in [0.2, 0.25) is 0 Å². The molecule has 2 aromatic carbocycles. The van der Waals surface area contributed by atoms with E-state index in [2.05, 4.69) is 25.3 Å². The highest BCUT2D eigenvalue weighted by atomic mass is 16.5. The molecule has 0 spiro atoms. The van der Waals surface area contributed by atoms with Crippen molar-refractivity contribution >= 4 is 0 Å². The Hall–Kier alpha value is -2.89. The molecule has 0 aliphatic rings. The van der Waals surface area contributed by atoms with Crippen LogP contribution in [0.5, 0.6) is 11.6 Å². The molecule has 0 saturated heterocycles. The van der Waals surface area contributed by atoms with Crippen LogP contribution in [0, 0.1) is 6.92 Å². The number of nitrogens with zero attached hydrogens (tertiary/aromatic N) is 3.